The molecule has 0 spiro atoms. The van der Waals surface area contributed by atoms with Crippen molar-refractivity contribution in [2.45, 2.75) is 58.4 Å². The van der Waals surface area contributed by atoms with E-state index in [0.29, 0.717) is 0 Å². The number of hydrogen-bond acceptors (Lipinski definition) is 1. The Morgan fingerprint density at radius 3 is 1.84 bits per heavy atom. The van der Waals surface area contributed by atoms with Crippen LogP contribution in [-0.2, 0) is 5.41 Å². The minimum atomic E-state index is -0.0112. The first kappa shape index (κ1) is 16.8. The average Bonchev–Trinajstić information content (AvgIpc) is 2.32. The predicted octanol–water partition coefficient (Wildman–Crippen LogP) is 5.44. The van der Waals surface area contributed by atoms with E-state index in [-0.39, 0.29) is 11.0 Å². The third-order valence-corrected chi connectivity index (χ3v) is 4.43. The Labute approximate surface area is 127 Å². The summed E-state index contributed by atoms with van der Waals surface area (Å²) in [6.45, 7) is 11.8. The highest BCUT2D eigenvalue weighted by molar-refractivity contribution is 6.36. The van der Waals surface area contributed by atoms with Gasteiger partial charge in [-0.15, -0.1) is 0 Å². The van der Waals surface area contributed by atoms with Crippen LogP contribution in [0.5, 0.6) is 0 Å². The van der Waals surface area contributed by atoms with Gasteiger partial charge in [-0.2, -0.15) is 0 Å². The Bertz CT molecular complexity index is 397. The van der Waals surface area contributed by atoms with E-state index < -0.39 is 0 Å². The number of halogens is 2. The van der Waals surface area contributed by atoms with Crippen LogP contribution in [-0.4, -0.2) is 12.1 Å². The number of rotatable bonds is 5. The molecular formula is C16H25Cl2N. The summed E-state index contributed by atoms with van der Waals surface area (Å²) in [6.07, 6.45) is 2.02. The topological polar surface area (TPSA) is 12.0 Å². The second kappa shape index (κ2) is 6.47. The van der Waals surface area contributed by atoms with Crippen LogP contribution in [0.1, 0.15) is 53.0 Å². The van der Waals surface area contributed by atoms with Crippen LogP contribution in [0.2, 0.25) is 10.0 Å². The molecule has 0 unspecified atom stereocenters. The molecular weight excluding hydrogens is 277 g/mol. The molecule has 0 heterocycles. The van der Waals surface area contributed by atoms with Crippen molar-refractivity contribution in [2.24, 2.45) is 0 Å². The van der Waals surface area contributed by atoms with Crippen LogP contribution >= 0.6 is 23.2 Å². The van der Waals surface area contributed by atoms with E-state index in [0.717, 1.165) is 35.0 Å². The molecule has 0 fully saturated rings. The SMILES string of the molecule is CCC(CC)(CNC(C)(C)C)c1c(Cl)cccc1Cl. The van der Waals surface area contributed by atoms with Crippen LogP contribution in [0.15, 0.2) is 18.2 Å². The number of benzene rings is 1. The molecule has 0 radical (unpaired) electrons. The molecule has 108 valence electrons. The zero-order chi connectivity index (χ0) is 14.7. The summed E-state index contributed by atoms with van der Waals surface area (Å²) < 4.78 is 0. The van der Waals surface area contributed by atoms with E-state index in [1.165, 1.54) is 0 Å². The van der Waals surface area contributed by atoms with Gasteiger partial charge in [-0.3, -0.25) is 0 Å². The van der Waals surface area contributed by atoms with E-state index in [2.05, 4.69) is 39.9 Å². The second-order valence-electron chi connectivity index (χ2n) is 6.19. The van der Waals surface area contributed by atoms with Crippen molar-refractivity contribution in [2.75, 3.05) is 6.54 Å². The highest BCUT2D eigenvalue weighted by atomic mass is 35.5. The summed E-state index contributed by atoms with van der Waals surface area (Å²) in [5.74, 6) is 0. The third kappa shape index (κ3) is 4.11. The van der Waals surface area contributed by atoms with Gasteiger partial charge in [0.25, 0.3) is 0 Å². The Morgan fingerprint density at radius 2 is 1.47 bits per heavy atom. The van der Waals surface area contributed by atoms with Crippen LogP contribution in [0.4, 0.5) is 0 Å². The number of nitrogens with one attached hydrogen (secondary N) is 1. The fraction of sp³-hybridized carbons (Fsp3) is 0.625. The summed E-state index contributed by atoms with van der Waals surface area (Å²) in [7, 11) is 0. The van der Waals surface area contributed by atoms with Crippen molar-refractivity contribution in [3.05, 3.63) is 33.8 Å². The fourth-order valence-electron chi connectivity index (χ4n) is 2.38. The predicted molar refractivity (Wildman–Crippen MR) is 86.5 cm³/mol. The summed E-state index contributed by atoms with van der Waals surface area (Å²) in [5.41, 5.74) is 1.16. The maximum atomic E-state index is 6.41. The fourth-order valence-corrected chi connectivity index (χ4v) is 3.18. The molecule has 0 amide bonds. The van der Waals surface area contributed by atoms with Crippen molar-refractivity contribution >= 4 is 23.2 Å². The lowest BCUT2D eigenvalue weighted by Gasteiger charge is -2.37. The van der Waals surface area contributed by atoms with E-state index >= 15 is 0 Å². The maximum Gasteiger partial charge on any atom is 0.0459 e. The molecule has 1 aromatic rings. The molecule has 0 saturated carbocycles. The van der Waals surface area contributed by atoms with Gasteiger partial charge in [0, 0.05) is 27.5 Å². The van der Waals surface area contributed by atoms with Crippen molar-refractivity contribution in [1.29, 1.82) is 0 Å². The van der Waals surface area contributed by atoms with Crippen molar-refractivity contribution < 1.29 is 0 Å². The molecule has 0 atom stereocenters. The maximum absolute atomic E-state index is 6.41. The number of hydrogen-bond donors (Lipinski definition) is 1. The van der Waals surface area contributed by atoms with Crippen LogP contribution < -0.4 is 5.32 Å². The van der Waals surface area contributed by atoms with Gasteiger partial charge >= 0.3 is 0 Å². The van der Waals surface area contributed by atoms with Gasteiger partial charge in [-0.05, 0) is 51.3 Å². The zero-order valence-corrected chi connectivity index (χ0v) is 14.1. The standard InChI is InChI=1S/C16H25Cl2N/c1-6-16(7-2,11-19-15(3,4)5)14-12(17)9-8-10-13(14)18/h8-10,19H,6-7,11H2,1-5H3. The first-order valence-corrected chi connectivity index (χ1v) is 7.71. The van der Waals surface area contributed by atoms with Crippen LogP contribution in [0.3, 0.4) is 0 Å². The highest BCUT2D eigenvalue weighted by Gasteiger charge is 2.33. The van der Waals surface area contributed by atoms with E-state index in [1.807, 2.05) is 18.2 Å². The lowest BCUT2D eigenvalue weighted by molar-refractivity contribution is 0.313. The Hall–Kier alpha value is -0.240. The normalized spacial score (nSPS) is 12.8. The van der Waals surface area contributed by atoms with Gasteiger partial charge in [-0.25, -0.2) is 0 Å². The van der Waals surface area contributed by atoms with Gasteiger partial charge in [0.1, 0.15) is 0 Å². The average molecular weight is 302 g/mol. The summed E-state index contributed by atoms with van der Waals surface area (Å²) in [4.78, 5) is 0. The molecule has 1 nitrogen and oxygen atoms in total. The Kier molecular flexibility index (Phi) is 5.73. The van der Waals surface area contributed by atoms with Crippen LogP contribution in [0, 0.1) is 0 Å². The van der Waals surface area contributed by atoms with E-state index in [4.69, 9.17) is 23.2 Å². The highest BCUT2D eigenvalue weighted by Crippen LogP contribution is 2.40. The van der Waals surface area contributed by atoms with E-state index in [1.54, 1.807) is 0 Å². The van der Waals surface area contributed by atoms with Crippen LogP contribution in [0.25, 0.3) is 0 Å². The van der Waals surface area contributed by atoms with Gasteiger partial charge < -0.3 is 5.32 Å². The van der Waals surface area contributed by atoms with Gasteiger partial charge in [0.2, 0.25) is 0 Å². The first-order chi connectivity index (χ1) is 8.75. The van der Waals surface area contributed by atoms with Crippen molar-refractivity contribution in [3.63, 3.8) is 0 Å². The molecule has 1 aromatic carbocycles. The first-order valence-electron chi connectivity index (χ1n) is 6.95. The molecule has 19 heavy (non-hydrogen) atoms. The lowest BCUT2D eigenvalue weighted by Crippen LogP contribution is -2.46. The molecule has 1 N–H and O–H groups in total. The minimum Gasteiger partial charge on any atom is -0.311 e. The monoisotopic (exact) mass is 301 g/mol. The molecule has 0 aliphatic carbocycles. The largest absolute Gasteiger partial charge is 0.311 e. The van der Waals surface area contributed by atoms with Gasteiger partial charge in [0.05, 0.1) is 0 Å². The van der Waals surface area contributed by atoms with Gasteiger partial charge in [0.15, 0.2) is 0 Å². The second-order valence-corrected chi connectivity index (χ2v) is 7.00. The lowest BCUT2D eigenvalue weighted by atomic mass is 9.75. The summed E-state index contributed by atoms with van der Waals surface area (Å²) in [5, 5.41) is 5.14. The smallest absolute Gasteiger partial charge is 0.0459 e. The minimum absolute atomic E-state index is 0.0112. The zero-order valence-electron chi connectivity index (χ0n) is 12.6. The van der Waals surface area contributed by atoms with Gasteiger partial charge in [-0.1, -0.05) is 43.1 Å². The van der Waals surface area contributed by atoms with Crippen molar-refractivity contribution in [3.8, 4) is 0 Å². The molecule has 0 aliphatic heterocycles. The molecule has 3 heteroatoms. The summed E-state index contributed by atoms with van der Waals surface area (Å²) >= 11 is 12.8. The Balaban J connectivity index is 3.18. The van der Waals surface area contributed by atoms with Crippen molar-refractivity contribution in [1.82, 2.24) is 5.32 Å². The molecule has 0 saturated heterocycles. The molecule has 0 aromatic heterocycles. The molecule has 0 aliphatic rings. The quantitative estimate of drug-likeness (QED) is 0.763. The molecule has 1 rings (SSSR count). The molecule has 0 bridgehead atoms. The Morgan fingerprint density at radius 1 is 1.00 bits per heavy atom. The van der Waals surface area contributed by atoms with E-state index in [9.17, 15) is 0 Å². The third-order valence-electron chi connectivity index (χ3n) is 3.80. The summed E-state index contributed by atoms with van der Waals surface area (Å²) in [6, 6.07) is 5.77.